The number of carbonyl (C=O) groups excluding carboxylic acids is 1. The minimum absolute atomic E-state index is 0.0477. The Morgan fingerprint density at radius 1 is 1.36 bits per heavy atom. The summed E-state index contributed by atoms with van der Waals surface area (Å²) in [5.74, 6) is -0.940. The summed E-state index contributed by atoms with van der Waals surface area (Å²) >= 11 is 0. The molecule has 1 N–H and O–H groups in total. The number of hydrogen-bond acceptors (Lipinski definition) is 4. The molecule has 0 saturated carbocycles. The van der Waals surface area contributed by atoms with Gasteiger partial charge in [0.1, 0.15) is 5.82 Å². The average molecular weight is 332 g/mol. The molecule has 0 radical (unpaired) electrons. The quantitative estimate of drug-likeness (QED) is 0.770. The Labute approximate surface area is 130 Å². The molecule has 1 amide bonds. The highest BCUT2D eigenvalue weighted by Crippen LogP contribution is 2.15. The lowest BCUT2D eigenvalue weighted by molar-refractivity contribution is -0.122. The number of likely N-dealkylation sites (N-methyl/N-ethyl adjacent to an activating group) is 1. The van der Waals surface area contributed by atoms with E-state index < -0.39 is 21.7 Å². The molecular formula is C14H21FN2O4S. The molecule has 124 valence electrons. The van der Waals surface area contributed by atoms with Crippen LogP contribution in [0, 0.1) is 5.82 Å². The van der Waals surface area contributed by atoms with Gasteiger partial charge in [-0.1, -0.05) is 6.92 Å². The number of nitrogens with zero attached hydrogens (tertiary/aromatic N) is 1. The number of methoxy groups -OCH3 is 1. The molecule has 8 heteroatoms. The van der Waals surface area contributed by atoms with Crippen molar-refractivity contribution >= 4 is 15.9 Å². The molecule has 0 saturated heterocycles. The Balaban J connectivity index is 2.82. The van der Waals surface area contributed by atoms with Crippen molar-refractivity contribution in [3.63, 3.8) is 0 Å². The van der Waals surface area contributed by atoms with Gasteiger partial charge in [0.2, 0.25) is 15.9 Å². The Morgan fingerprint density at radius 2 is 1.95 bits per heavy atom. The molecule has 0 fully saturated rings. The summed E-state index contributed by atoms with van der Waals surface area (Å²) in [5, 5.41) is 2.65. The number of hydrogen-bond donors (Lipinski definition) is 1. The first kappa shape index (κ1) is 18.5. The highest BCUT2D eigenvalue weighted by molar-refractivity contribution is 7.89. The molecule has 0 aromatic heterocycles. The normalized spacial score (nSPS) is 13.1. The van der Waals surface area contributed by atoms with Crippen molar-refractivity contribution in [1.82, 2.24) is 9.62 Å². The van der Waals surface area contributed by atoms with Crippen LogP contribution in [-0.4, -0.2) is 51.5 Å². The Hall–Kier alpha value is -1.51. The van der Waals surface area contributed by atoms with Crippen molar-refractivity contribution in [2.45, 2.75) is 24.8 Å². The maximum Gasteiger partial charge on any atom is 0.243 e. The molecule has 1 aromatic carbocycles. The first-order chi connectivity index (χ1) is 10.3. The van der Waals surface area contributed by atoms with E-state index in [1.807, 2.05) is 0 Å². The maximum absolute atomic E-state index is 12.9. The van der Waals surface area contributed by atoms with Crippen molar-refractivity contribution in [3.8, 4) is 0 Å². The van der Waals surface area contributed by atoms with Crippen LogP contribution in [0.4, 0.5) is 4.39 Å². The fourth-order valence-corrected chi connectivity index (χ4v) is 3.30. The average Bonchev–Trinajstić information content (AvgIpc) is 2.45. The third-order valence-electron chi connectivity index (χ3n) is 2.95. The summed E-state index contributed by atoms with van der Waals surface area (Å²) in [6.45, 7) is 3.55. The van der Waals surface area contributed by atoms with E-state index in [9.17, 15) is 17.6 Å². The van der Waals surface area contributed by atoms with E-state index in [1.54, 1.807) is 13.8 Å². The monoisotopic (exact) mass is 332 g/mol. The zero-order chi connectivity index (χ0) is 16.8. The molecule has 1 atom stereocenters. The molecule has 22 heavy (non-hydrogen) atoms. The van der Waals surface area contributed by atoms with Crippen LogP contribution in [0.3, 0.4) is 0 Å². The molecule has 1 aromatic rings. The summed E-state index contributed by atoms with van der Waals surface area (Å²) in [7, 11) is -2.32. The third-order valence-corrected chi connectivity index (χ3v) is 4.88. The lowest BCUT2D eigenvalue weighted by atomic mass is 10.3. The summed E-state index contributed by atoms with van der Waals surface area (Å²) in [4.78, 5) is 11.8. The summed E-state index contributed by atoms with van der Waals surface area (Å²) in [5.41, 5.74) is 0. The molecule has 0 unspecified atom stereocenters. The van der Waals surface area contributed by atoms with Crippen molar-refractivity contribution in [3.05, 3.63) is 30.1 Å². The highest BCUT2D eigenvalue weighted by Gasteiger charge is 2.25. The summed E-state index contributed by atoms with van der Waals surface area (Å²) in [6.07, 6.45) is 0. The molecular weight excluding hydrogens is 311 g/mol. The summed E-state index contributed by atoms with van der Waals surface area (Å²) in [6, 6.07) is 4.28. The first-order valence-electron chi connectivity index (χ1n) is 6.85. The van der Waals surface area contributed by atoms with Crippen LogP contribution in [0.5, 0.6) is 0 Å². The van der Waals surface area contributed by atoms with Crippen LogP contribution >= 0.6 is 0 Å². The number of benzene rings is 1. The molecule has 0 aliphatic carbocycles. The number of amides is 1. The first-order valence-corrected chi connectivity index (χ1v) is 8.29. The van der Waals surface area contributed by atoms with E-state index in [1.165, 1.54) is 19.2 Å². The fraction of sp³-hybridized carbons (Fsp3) is 0.500. The third kappa shape index (κ3) is 5.04. The van der Waals surface area contributed by atoms with Crippen molar-refractivity contribution in [2.75, 3.05) is 26.8 Å². The smallest absolute Gasteiger partial charge is 0.243 e. The van der Waals surface area contributed by atoms with Gasteiger partial charge in [-0.25, -0.2) is 12.8 Å². The topological polar surface area (TPSA) is 75.7 Å². The van der Waals surface area contributed by atoms with E-state index in [2.05, 4.69) is 5.32 Å². The van der Waals surface area contributed by atoms with Gasteiger partial charge < -0.3 is 10.1 Å². The lowest BCUT2D eigenvalue weighted by Crippen LogP contribution is -2.44. The van der Waals surface area contributed by atoms with Gasteiger partial charge >= 0.3 is 0 Å². The molecule has 1 rings (SSSR count). The standard InChI is InChI=1S/C14H21FN2O4S/c1-4-17(9-14(18)16-11(2)10-21-3)22(19,20)13-7-5-12(15)6-8-13/h5-8,11H,4,9-10H2,1-3H3,(H,16,18)/t11-/m0/s1. The van der Waals surface area contributed by atoms with Crippen LogP contribution < -0.4 is 5.32 Å². The van der Waals surface area contributed by atoms with Crippen LogP contribution in [0.25, 0.3) is 0 Å². The van der Waals surface area contributed by atoms with Gasteiger partial charge in [-0.05, 0) is 31.2 Å². The van der Waals surface area contributed by atoms with Gasteiger partial charge in [0.15, 0.2) is 0 Å². The SMILES string of the molecule is CCN(CC(=O)N[C@@H](C)COC)S(=O)(=O)c1ccc(F)cc1. The van der Waals surface area contributed by atoms with E-state index >= 15 is 0 Å². The highest BCUT2D eigenvalue weighted by atomic mass is 32.2. The lowest BCUT2D eigenvalue weighted by Gasteiger charge is -2.21. The second kappa shape index (κ2) is 8.21. The van der Waals surface area contributed by atoms with Crippen molar-refractivity contribution in [2.24, 2.45) is 0 Å². The van der Waals surface area contributed by atoms with Crippen LogP contribution in [0.1, 0.15) is 13.8 Å². The van der Waals surface area contributed by atoms with Gasteiger partial charge in [0, 0.05) is 19.7 Å². The van der Waals surface area contributed by atoms with E-state index in [-0.39, 0.29) is 24.0 Å². The summed E-state index contributed by atoms with van der Waals surface area (Å²) < 4.78 is 43.7. The van der Waals surface area contributed by atoms with Crippen LogP contribution in [-0.2, 0) is 19.6 Å². The number of sulfonamides is 1. The minimum atomic E-state index is -3.84. The van der Waals surface area contributed by atoms with Gasteiger partial charge in [0.25, 0.3) is 0 Å². The minimum Gasteiger partial charge on any atom is -0.383 e. The van der Waals surface area contributed by atoms with E-state index in [0.29, 0.717) is 6.61 Å². The van der Waals surface area contributed by atoms with Crippen LogP contribution in [0.2, 0.25) is 0 Å². The zero-order valence-electron chi connectivity index (χ0n) is 12.9. The van der Waals surface area contributed by atoms with Crippen LogP contribution in [0.15, 0.2) is 29.2 Å². The van der Waals surface area contributed by atoms with Gasteiger partial charge in [-0.3, -0.25) is 4.79 Å². The largest absolute Gasteiger partial charge is 0.383 e. The van der Waals surface area contributed by atoms with E-state index in [4.69, 9.17) is 4.74 Å². The Kier molecular flexibility index (Phi) is 6.92. The molecule has 0 heterocycles. The molecule has 0 aliphatic rings. The fourth-order valence-electron chi connectivity index (χ4n) is 1.89. The predicted octanol–water partition coefficient (Wildman–Crippen LogP) is 0.987. The van der Waals surface area contributed by atoms with Crippen molar-refractivity contribution < 1.29 is 22.3 Å². The van der Waals surface area contributed by atoms with Crippen molar-refractivity contribution in [1.29, 1.82) is 0 Å². The van der Waals surface area contributed by atoms with E-state index in [0.717, 1.165) is 16.4 Å². The number of carbonyl (C=O) groups is 1. The zero-order valence-corrected chi connectivity index (χ0v) is 13.7. The number of halogens is 1. The predicted molar refractivity (Wildman–Crippen MR) is 80.3 cm³/mol. The van der Waals surface area contributed by atoms with Gasteiger partial charge in [-0.15, -0.1) is 0 Å². The molecule has 6 nitrogen and oxygen atoms in total. The Morgan fingerprint density at radius 3 is 2.45 bits per heavy atom. The maximum atomic E-state index is 12.9. The van der Waals surface area contributed by atoms with Gasteiger partial charge in [-0.2, -0.15) is 4.31 Å². The Bertz CT molecular complexity index is 589. The molecule has 0 aliphatic heterocycles. The molecule has 0 bridgehead atoms. The second-order valence-corrected chi connectivity index (χ2v) is 6.75. The second-order valence-electron chi connectivity index (χ2n) is 4.81. The van der Waals surface area contributed by atoms with Gasteiger partial charge in [0.05, 0.1) is 18.0 Å². The number of rotatable bonds is 8. The number of ether oxygens (including phenoxy) is 1. The number of nitrogens with one attached hydrogen (secondary N) is 1. The molecule has 0 spiro atoms.